The number of aromatic hydroxyl groups is 1. The Morgan fingerprint density at radius 1 is 1.08 bits per heavy atom. The van der Waals surface area contributed by atoms with Crippen LogP contribution in [0.1, 0.15) is 43.5 Å². The summed E-state index contributed by atoms with van der Waals surface area (Å²) in [6, 6.07) is 14.1. The van der Waals surface area contributed by atoms with E-state index in [0.29, 0.717) is 0 Å². The minimum Gasteiger partial charge on any atom is -0.508 e. The Balaban J connectivity index is 2.17. The molecule has 6 heteroatoms. The first-order valence-corrected chi connectivity index (χ1v) is 9.44. The predicted octanol–water partition coefficient (Wildman–Crippen LogP) is 3.10. The zero-order chi connectivity index (χ0) is 17.7. The van der Waals surface area contributed by atoms with Crippen molar-refractivity contribution in [3.63, 3.8) is 0 Å². The van der Waals surface area contributed by atoms with Crippen LogP contribution in [0.4, 0.5) is 0 Å². The molecule has 5 nitrogen and oxygen atoms in total. The normalized spacial score (nSPS) is 14.3. The van der Waals surface area contributed by atoms with E-state index >= 15 is 0 Å². The molecule has 2 aromatic rings. The van der Waals surface area contributed by atoms with Gasteiger partial charge < -0.3 is 10.4 Å². The van der Waals surface area contributed by atoms with Gasteiger partial charge in [0.05, 0.1) is 4.90 Å². The van der Waals surface area contributed by atoms with Gasteiger partial charge in [0.2, 0.25) is 10.0 Å². The fourth-order valence-electron chi connectivity index (χ4n) is 2.66. The summed E-state index contributed by atoms with van der Waals surface area (Å²) >= 11 is 0. The third-order valence-corrected chi connectivity index (χ3v) is 5.56. The van der Waals surface area contributed by atoms with Gasteiger partial charge in [-0.05, 0) is 44.2 Å². The smallest absolute Gasteiger partial charge is 0.240 e. The maximum absolute atomic E-state index is 11.8. The number of benzene rings is 2. The third kappa shape index (κ3) is 4.14. The van der Waals surface area contributed by atoms with Crippen LogP contribution < -0.4 is 10.0 Å². The van der Waals surface area contributed by atoms with E-state index in [2.05, 4.69) is 17.0 Å². The average molecular weight is 348 g/mol. The second-order valence-electron chi connectivity index (χ2n) is 5.68. The zero-order valence-corrected chi connectivity index (χ0v) is 15.0. The largest absolute Gasteiger partial charge is 0.508 e. The van der Waals surface area contributed by atoms with Gasteiger partial charge in [-0.1, -0.05) is 37.3 Å². The molecule has 0 heterocycles. The second-order valence-corrected chi connectivity index (χ2v) is 7.57. The number of rotatable bonds is 7. The van der Waals surface area contributed by atoms with Gasteiger partial charge >= 0.3 is 0 Å². The molecule has 3 N–H and O–H groups in total. The van der Waals surface area contributed by atoms with Crippen molar-refractivity contribution in [2.75, 3.05) is 7.05 Å². The molecule has 0 saturated carbocycles. The Morgan fingerprint density at radius 3 is 2.25 bits per heavy atom. The van der Waals surface area contributed by atoms with Gasteiger partial charge in [0, 0.05) is 17.6 Å². The molecule has 2 atom stereocenters. The summed E-state index contributed by atoms with van der Waals surface area (Å²) in [5.74, 6) is 0.277. The van der Waals surface area contributed by atoms with Crippen molar-refractivity contribution < 1.29 is 13.5 Å². The molecule has 0 aromatic heterocycles. The van der Waals surface area contributed by atoms with Crippen LogP contribution >= 0.6 is 0 Å². The highest BCUT2D eigenvalue weighted by Gasteiger charge is 2.17. The summed E-state index contributed by atoms with van der Waals surface area (Å²) in [6.07, 6.45) is 0.828. The van der Waals surface area contributed by atoms with Crippen LogP contribution in [0.2, 0.25) is 0 Å². The van der Waals surface area contributed by atoms with E-state index in [1.54, 1.807) is 36.4 Å². The van der Waals surface area contributed by atoms with Crippen molar-refractivity contribution in [2.45, 2.75) is 37.2 Å². The molecule has 24 heavy (non-hydrogen) atoms. The van der Waals surface area contributed by atoms with Gasteiger partial charge in [-0.15, -0.1) is 0 Å². The maximum atomic E-state index is 11.8. The first-order valence-electron chi connectivity index (χ1n) is 7.96. The SMILES string of the molecule is CC[C@@H](N[C@@H](C)c1ccc(S(=O)(=O)NC)cc1)c1ccccc1O. The summed E-state index contributed by atoms with van der Waals surface area (Å²) < 4.78 is 25.9. The molecule has 0 spiro atoms. The Labute approximate surface area is 143 Å². The summed E-state index contributed by atoms with van der Waals surface area (Å²) in [4.78, 5) is 0.244. The minimum atomic E-state index is -3.42. The van der Waals surface area contributed by atoms with E-state index in [1.165, 1.54) is 7.05 Å². The molecule has 0 amide bonds. The molecule has 0 aliphatic heterocycles. The molecular formula is C18H24N2O3S. The van der Waals surface area contributed by atoms with Crippen LogP contribution in [0.3, 0.4) is 0 Å². The zero-order valence-electron chi connectivity index (χ0n) is 14.2. The van der Waals surface area contributed by atoms with E-state index in [-0.39, 0.29) is 22.7 Å². The van der Waals surface area contributed by atoms with Crippen molar-refractivity contribution in [3.8, 4) is 5.75 Å². The lowest BCUT2D eigenvalue weighted by Crippen LogP contribution is -2.24. The van der Waals surface area contributed by atoms with Gasteiger partial charge in [-0.3, -0.25) is 0 Å². The summed E-state index contributed by atoms with van der Waals surface area (Å²) in [5, 5.41) is 13.5. The summed E-state index contributed by atoms with van der Waals surface area (Å²) in [5.41, 5.74) is 1.85. The lowest BCUT2D eigenvalue weighted by atomic mass is 10.0. The quantitative estimate of drug-likeness (QED) is 0.718. The highest BCUT2D eigenvalue weighted by Crippen LogP contribution is 2.28. The topological polar surface area (TPSA) is 78.4 Å². The number of nitrogens with one attached hydrogen (secondary N) is 2. The number of hydrogen-bond acceptors (Lipinski definition) is 4. The van der Waals surface area contributed by atoms with Gasteiger partial charge in [-0.2, -0.15) is 0 Å². The van der Waals surface area contributed by atoms with Gasteiger partial charge in [-0.25, -0.2) is 13.1 Å². The van der Waals surface area contributed by atoms with Gasteiger partial charge in [0.15, 0.2) is 0 Å². The van der Waals surface area contributed by atoms with E-state index in [9.17, 15) is 13.5 Å². The van der Waals surface area contributed by atoms with Crippen LogP contribution in [-0.2, 0) is 10.0 Å². The molecule has 130 valence electrons. The molecule has 0 saturated heterocycles. The van der Waals surface area contributed by atoms with Crippen molar-refractivity contribution in [2.24, 2.45) is 0 Å². The fourth-order valence-corrected chi connectivity index (χ4v) is 3.39. The number of sulfonamides is 1. The Bertz CT molecular complexity index is 773. The number of phenols is 1. The van der Waals surface area contributed by atoms with Crippen molar-refractivity contribution >= 4 is 10.0 Å². The molecule has 2 aromatic carbocycles. The molecule has 2 rings (SSSR count). The fraction of sp³-hybridized carbons (Fsp3) is 0.333. The number of para-hydroxylation sites is 1. The summed E-state index contributed by atoms with van der Waals surface area (Å²) in [7, 11) is -2.03. The molecule has 0 aliphatic rings. The lowest BCUT2D eigenvalue weighted by molar-refractivity contribution is 0.419. The first kappa shape index (κ1) is 18.4. The number of hydrogen-bond donors (Lipinski definition) is 3. The van der Waals surface area contributed by atoms with Crippen molar-refractivity contribution in [1.82, 2.24) is 10.0 Å². The van der Waals surface area contributed by atoms with Crippen LogP contribution in [0.15, 0.2) is 53.4 Å². The highest BCUT2D eigenvalue weighted by atomic mass is 32.2. The Morgan fingerprint density at radius 2 is 1.71 bits per heavy atom. The second kappa shape index (κ2) is 7.79. The monoisotopic (exact) mass is 348 g/mol. The number of phenolic OH excluding ortho intramolecular Hbond substituents is 1. The molecular weight excluding hydrogens is 324 g/mol. The van der Waals surface area contributed by atoms with Crippen LogP contribution in [0.5, 0.6) is 5.75 Å². The van der Waals surface area contributed by atoms with Gasteiger partial charge in [0.25, 0.3) is 0 Å². The first-order chi connectivity index (χ1) is 11.4. The molecule has 0 bridgehead atoms. The molecule has 0 radical (unpaired) electrons. The third-order valence-electron chi connectivity index (χ3n) is 4.13. The van der Waals surface area contributed by atoms with Crippen molar-refractivity contribution in [3.05, 3.63) is 59.7 Å². The van der Waals surface area contributed by atoms with Crippen molar-refractivity contribution in [1.29, 1.82) is 0 Å². The van der Waals surface area contributed by atoms with E-state index in [1.807, 2.05) is 19.1 Å². The van der Waals surface area contributed by atoms with E-state index in [0.717, 1.165) is 17.5 Å². The standard InChI is InChI=1S/C18H24N2O3S/c1-4-17(16-7-5-6-8-18(16)21)20-13(2)14-9-11-15(12-10-14)24(22,23)19-3/h5-13,17,19-21H,4H2,1-3H3/t13-,17+/m0/s1. The molecule has 0 aliphatic carbocycles. The van der Waals surface area contributed by atoms with Crippen LogP contribution in [-0.4, -0.2) is 20.6 Å². The van der Waals surface area contributed by atoms with Crippen LogP contribution in [0, 0.1) is 0 Å². The van der Waals surface area contributed by atoms with Gasteiger partial charge in [0.1, 0.15) is 5.75 Å². The highest BCUT2D eigenvalue weighted by molar-refractivity contribution is 7.89. The molecule has 0 unspecified atom stereocenters. The minimum absolute atomic E-state index is 0.0147. The molecule has 0 fully saturated rings. The Kier molecular flexibility index (Phi) is 5.99. The van der Waals surface area contributed by atoms with Crippen LogP contribution in [0.25, 0.3) is 0 Å². The Hall–Kier alpha value is -1.89. The predicted molar refractivity (Wildman–Crippen MR) is 95.4 cm³/mol. The van der Waals surface area contributed by atoms with E-state index in [4.69, 9.17) is 0 Å². The maximum Gasteiger partial charge on any atom is 0.240 e. The summed E-state index contributed by atoms with van der Waals surface area (Å²) in [6.45, 7) is 4.07. The average Bonchev–Trinajstić information content (AvgIpc) is 2.60. The van der Waals surface area contributed by atoms with E-state index < -0.39 is 10.0 Å². The lowest BCUT2D eigenvalue weighted by Gasteiger charge is -2.24.